The molecule has 0 radical (unpaired) electrons. The number of thiol groups is 1. The van der Waals surface area contributed by atoms with E-state index in [0.29, 0.717) is 17.1 Å². The number of para-hydroxylation sites is 1. The number of carbonyl (C=O) groups excluding carboxylic acids is 1. The van der Waals surface area contributed by atoms with Gasteiger partial charge in [0.2, 0.25) is 0 Å². The van der Waals surface area contributed by atoms with Crippen LogP contribution in [0.15, 0.2) is 71.5 Å². The minimum absolute atomic E-state index is 0.0161. The van der Waals surface area contributed by atoms with Gasteiger partial charge in [-0.2, -0.15) is 0 Å². The lowest BCUT2D eigenvalue weighted by atomic mass is 9.84. The van der Waals surface area contributed by atoms with Crippen molar-refractivity contribution in [1.82, 2.24) is 4.98 Å². The van der Waals surface area contributed by atoms with E-state index in [4.69, 9.17) is 4.74 Å². The van der Waals surface area contributed by atoms with Crippen molar-refractivity contribution in [1.29, 1.82) is 0 Å². The van der Waals surface area contributed by atoms with Gasteiger partial charge in [0.1, 0.15) is 28.5 Å². The number of benzene rings is 2. The Bertz CT molecular complexity index is 1180. The fraction of sp³-hybridized carbons (Fsp3) is 0.0909. The van der Waals surface area contributed by atoms with Crippen LogP contribution in [0, 0.1) is 0 Å². The SMILES string of the molecule is O=CC1C(c2cncc(Br)c2)=C(c2ccc(C[SH](=O)=O)cc2)Oc2ccccc21. The summed E-state index contributed by atoms with van der Waals surface area (Å²) in [6, 6.07) is 16.5. The van der Waals surface area contributed by atoms with Crippen LogP contribution in [0.5, 0.6) is 5.75 Å². The molecule has 2 heterocycles. The van der Waals surface area contributed by atoms with E-state index in [0.717, 1.165) is 33.0 Å². The molecule has 0 N–H and O–H groups in total. The molecule has 0 aliphatic carbocycles. The highest BCUT2D eigenvalue weighted by Crippen LogP contribution is 2.45. The highest BCUT2D eigenvalue weighted by atomic mass is 79.9. The summed E-state index contributed by atoms with van der Waals surface area (Å²) in [5.41, 5.74) is 3.73. The number of hydrogen-bond donors (Lipinski definition) is 1. The molecule has 1 aliphatic heterocycles. The molecule has 0 saturated heterocycles. The van der Waals surface area contributed by atoms with E-state index in [9.17, 15) is 13.2 Å². The van der Waals surface area contributed by atoms with Gasteiger partial charge in [0.05, 0.1) is 11.7 Å². The second-order valence-electron chi connectivity index (χ2n) is 6.58. The Kier molecular flexibility index (Phi) is 5.60. The normalized spacial score (nSPS) is 15.7. The van der Waals surface area contributed by atoms with E-state index in [2.05, 4.69) is 20.9 Å². The summed E-state index contributed by atoms with van der Waals surface area (Å²) >= 11 is 3.44. The van der Waals surface area contributed by atoms with E-state index in [1.165, 1.54) is 0 Å². The standard InChI is InChI=1S/C22H16BrNO4S/c23-17-9-16(10-24-11-17)21-19(12-25)18-3-1-2-4-20(18)28-22(21)15-7-5-14(6-8-15)13-29(26)27/h1-12,19,29H,13H2. The molecular weight excluding hydrogens is 454 g/mol. The van der Waals surface area contributed by atoms with Gasteiger partial charge in [-0.05, 0) is 33.6 Å². The predicted octanol–water partition coefficient (Wildman–Crippen LogP) is 4.20. The number of allylic oxidation sites excluding steroid dienone is 1. The van der Waals surface area contributed by atoms with Crippen LogP contribution in [0.1, 0.15) is 28.2 Å². The van der Waals surface area contributed by atoms with Crippen molar-refractivity contribution in [3.05, 3.63) is 93.7 Å². The summed E-state index contributed by atoms with van der Waals surface area (Å²) in [7, 11) is -2.50. The molecular formula is C22H16BrNO4S. The van der Waals surface area contributed by atoms with Gasteiger partial charge in [-0.3, -0.25) is 4.98 Å². The number of nitrogens with zero attached hydrogens (tertiary/aromatic N) is 1. The first kappa shape index (κ1) is 19.5. The molecule has 0 bridgehead atoms. The van der Waals surface area contributed by atoms with E-state index in [-0.39, 0.29) is 5.75 Å². The third-order valence-electron chi connectivity index (χ3n) is 4.70. The van der Waals surface area contributed by atoms with Crippen LogP contribution in [0.4, 0.5) is 0 Å². The molecule has 0 amide bonds. The van der Waals surface area contributed by atoms with Gasteiger partial charge in [-0.1, -0.05) is 42.5 Å². The van der Waals surface area contributed by atoms with Gasteiger partial charge in [-0.15, -0.1) is 0 Å². The molecule has 4 rings (SSSR count). The van der Waals surface area contributed by atoms with Crippen LogP contribution < -0.4 is 4.74 Å². The maximum Gasteiger partial charge on any atom is 0.144 e. The van der Waals surface area contributed by atoms with E-state index >= 15 is 0 Å². The van der Waals surface area contributed by atoms with Crippen molar-refractivity contribution in [3.8, 4) is 5.75 Å². The Morgan fingerprint density at radius 3 is 2.48 bits per heavy atom. The number of carbonyl (C=O) groups is 1. The zero-order valence-electron chi connectivity index (χ0n) is 15.1. The summed E-state index contributed by atoms with van der Waals surface area (Å²) in [6.07, 6.45) is 4.29. The minimum atomic E-state index is -2.50. The Balaban J connectivity index is 1.91. The van der Waals surface area contributed by atoms with Crippen molar-refractivity contribution >= 4 is 44.3 Å². The summed E-state index contributed by atoms with van der Waals surface area (Å²) < 4.78 is 29.0. The number of pyridine rings is 1. The van der Waals surface area contributed by atoms with E-state index in [1.807, 2.05) is 42.5 Å². The number of fused-ring (bicyclic) bond motifs is 1. The van der Waals surface area contributed by atoms with Gasteiger partial charge in [0.15, 0.2) is 0 Å². The average molecular weight is 470 g/mol. The predicted molar refractivity (Wildman–Crippen MR) is 115 cm³/mol. The maximum absolute atomic E-state index is 12.2. The number of aldehydes is 1. The first-order valence-corrected chi connectivity index (χ1v) is 11.0. The zero-order valence-corrected chi connectivity index (χ0v) is 17.6. The van der Waals surface area contributed by atoms with Gasteiger partial charge in [-0.25, -0.2) is 8.42 Å². The number of halogens is 1. The van der Waals surface area contributed by atoms with E-state index in [1.54, 1.807) is 24.5 Å². The fourth-order valence-electron chi connectivity index (χ4n) is 3.43. The van der Waals surface area contributed by atoms with Crippen LogP contribution in [0.3, 0.4) is 0 Å². The Hall–Kier alpha value is -2.77. The topological polar surface area (TPSA) is 73.3 Å². The molecule has 1 aliphatic rings. The summed E-state index contributed by atoms with van der Waals surface area (Å²) in [4.78, 5) is 16.4. The summed E-state index contributed by atoms with van der Waals surface area (Å²) in [6.45, 7) is 0. The van der Waals surface area contributed by atoms with Crippen LogP contribution >= 0.6 is 15.9 Å². The molecule has 0 fully saturated rings. The van der Waals surface area contributed by atoms with Gasteiger partial charge >= 0.3 is 0 Å². The summed E-state index contributed by atoms with van der Waals surface area (Å²) in [5, 5.41) is 0. The fourth-order valence-corrected chi connectivity index (χ4v) is 4.30. The molecule has 3 aromatic rings. The van der Waals surface area contributed by atoms with Gasteiger partial charge < -0.3 is 9.53 Å². The second kappa shape index (κ2) is 8.31. The van der Waals surface area contributed by atoms with Gasteiger partial charge in [0, 0.05) is 39.1 Å². The smallest absolute Gasteiger partial charge is 0.144 e. The van der Waals surface area contributed by atoms with Crippen molar-refractivity contribution in [3.63, 3.8) is 0 Å². The largest absolute Gasteiger partial charge is 0.456 e. The highest BCUT2D eigenvalue weighted by Gasteiger charge is 2.31. The average Bonchev–Trinajstić information content (AvgIpc) is 2.72. The molecule has 1 aromatic heterocycles. The molecule has 5 nitrogen and oxygen atoms in total. The van der Waals surface area contributed by atoms with Crippen LogP contribution in [-0.2, 0) is 21.3 Å². The molecule has 29 heavy (non-hydrogen) atoms. The van der Waals surface area contributed by atoms with Crippen molar-refractivity contribution in [2.24, 2.45) is 0 Å². The number of aromatic nitrogens is 1. The first-order valence-electron chi connectivity index (χ1n) is 8.85. The third-order valence-corrected chi connectivity index (χ3v) is 5.76. The van der Waals surface area contributed by atoms with Crippen molar-refractivity contribution in [2.75, 3.05) is 0 Å². The quantitative estimate of drug-likeness (QED) is 0.447. The monoisotopic (exact) mass is 469 g/mol. The second-order valence-corrected chi connectivity index (χ2v) is 8.47. The Morgan fingerprint density at radius 2 is 1.79 bits per heavy atom. The molecule has 7 heteroatoms. The lowest BCUT2D eigenvalue weighted by molar-refractivity contribution is -0.108. The van der Waals surface area contributed by atoms with Gasteiger partial charge in [0.25, 0.3) is 0 Å². The third kappa shape index (κ3) is 4.02. The zero-order chi connectivity index (χ0) is 20.4. The highest BCUT2D eigenvalue weighted by molar-refractivity contribution is 9.10. The number of hydrogen-bond acceptors (Lipinski definition) is 5. The van der Waals surface area contributed by atoms with Crippen LogP contribution in [0.2, 0.25) is 0 Å². The minimum Gasteiger partial charge on any atom is -0.456 e. The number of rotatable bonds is 5. The first-order chi connectivity index (χ1) is 14.1. The maximum atomic E-state index is 12.2. The molecule has 2 aromatic carbocycles. The molecule has 1 unspecified atom stereocenters. The van der Waals surface area contributed by atoms with Crippen molar-refractivity contribution in [2.45, 2.75) is 11.7 Å². The van der Waals surface area contributed by atoms with Crippen LogP contribution in [0.25, 0.3) is 11.3 Å². The lowest BCUT2D eigenvalue weighted by Crippen LogP contribution is -2.16. The Labute approximate surface area is 178 Å². The van der Waals surface area contributed by atoms with Crippen molar-refractivity contribution < 1.29 is 17.9 Å². The molecule has 0 spiro atoms. The lowest BCUT2D eigenvalue weighted by Gasteiger charge is -2.28. The van der Waals surface area contributed by atoms with E-state index < -0.39 is 16.6 Å². The summed E-state index contributed by atoms with van der Waals surface area (Å²) in [5.74, 6) is 0.649. The van der Waals surface area contributed by atoms with Crippen LogP contribution in [-0.4, -0.2) is 19.7 Å². The number of ether oxygens (including phenoxy) is 1. The Morgan fingerprint density at radius 1 is 1.03 bits per heavy atom. The molecule has 146 valence electrons. The molecule has 1 atom stereocenters. The molecule has 0 saturated carbocycles.